The Labute approximate surface area is 216 Å². The van der Waals surface area contributed by atoms with Crippen molar-refractivity contribution in [1.82, 2.24) is 4.72 Å². The molecule has 0 atom stereocenters. The molecule has 0 saturated heterocycles. The first kappa shape index (κ1) is 28.3. The molecule has 0 unspecified atom stereocenters. The molecule has 0 fully saturated rings. The summed E-state index contributed by atoms with van der Waals surface area (Å²) >= 11 is 0. The van der Waals surface area contributed by atoms with Crippen LogP contribution in [-0.2, 0) is 10.0 Å². The van der Waals surface area contributed by atoms with Crippen LogP contribution in [0.25, 0.3) is 0 Å². The number of likely N-dealkylation sites (N-methyl/N-ethyl adjacent to an activating group) is 1. The van der Waals surface area contributed by atoms with Crippen molar-refractivity contribution in [2.45, 2.75) is 6.92 Å². The predicted octanol–water partition coefficient (Wildman–Crippen LogP) is -7.38. The van der Waals surface area contributed by atoms with Gasteiger partial charge in [0.2, 0.25) is 10.0 Å². The zero-order chi connectivity index (χ0) is 15.6. The molecule has 1 rings (SSSR count). The quantitative estimate of drug-likeness (QED) is 0.491. The minimum Gasteiger partial charge on any atom is -0.652 e. The average molecular weight is 381 g/mol. The van der Waals surface area contributed by atoms with Crippen molar-refractivity contribution < 1.29 is 126 Å². The summed E-state index contributed by atoms with van der Waals surface area (Å²) in [7, 11) is -3.09. The van der Waals surface area contributed by atoms with Crippen LogP contribution in [-0.4, -0.2) is 40.5 Å². The van der Waals surface area contributed by atoms with E-state index in [4.69, 9.17) is 15.0 Å². The summed E-state index contributed by atoms with van der Waals surface area (Å²) in [5, 5.41) is 16.7. The normalized spacial score (nSPS) is 9.36. The summed E-state index contributed by atoms with van der Waals surface area (Å²) in [6, 6.07) is 9.95. The largest absolute Gasteiger partial charge is 1.00 e. The third kappa shape index (κ3) is 17.8. The van der Waals surface area contributed by atoms with E-state index in [1.165, 1.54) is 6.26 Å². The van der Waals surface area contributed by atoms with Gasteiger partial charge in [-0.3, -0.25) is 0 Å². The number of para-hydroxylation sites is 1. The van der Waals surface area contributed by atoms with Crippen LogP contribution in [0.4, 0.5) is 10.5 Å². The van der Waals surface area contributed by atoms with Crippen LogP contribution in [0.3, 0.4) is 0 Å². The number of carboxylic acid groups (broad SMARTS) is 2. The summed E-state index contributed by atoms with van der Waals surface area (Å²) in [6.07, 6.45) is -1.16. The minimum atomic E-state index is -3.09. The number of carbonyl (C=O) groups is 1. The van der Waals surface area contributed by atoms with Crippen molar-refractivity contribution in [3.63, 3.8) is 0 Å². The van der Waals surface area contributed by atoms with Crippen LogP contribution < -0.4 is 123 Å². The van der Waals surface area contributed by atoms with Gasteiger partial charge in [0.25, 0.3) is 0 Å². The van der Waals surface area contributed by atoms with E-state index < -0.39 is 16.2 Å². The van der Waals surface area contributed by atoms with Crippen molar-refractivity contribution >= 4 is 21.9 Å². The van der Waals surface area contributed by atoms with Gasteiger partial charge in [-0.05, 0) is 25.2 Å². The zero-order valence-corrected chi connectivity index (χ0v) is 20.5. The van der Waals surface area contributed by atoms with Crippen molar-refractivity contribution in [2.75, 3.05) is 30.8 Å². The monoisotopic (exact) mass is 380 g/mol. The molecule has 1 N–H and O–H groups in total. The number of rotatable bonds is 6. The molecule has 1 aromatic rings. The van der Waals surface area contributed by atoms with Crippen LogP contribution in [0.2, 0.25) is 0 Å². The molecule has 0 spiro atoms. The zero-order valence-electron chi connectivity index (χ0n) is 13.4. The molecule has 0 aliphatic heterocycles. The van der Waals surface area contributed by atoms with Gasteiger partial charge >= 0.3 is 103 Å². The Morgan fingerprint density at radius 1 is 1.18 bits per heavy atom. The van der Waals surface area contributed by atoms with E-state index in [-0.39, 0.29) is 103 Å². The molecule has 10 heteroatoms. The summed E-state index contributed by atoms with van der Waals surface area (Å²) in [4.78, 5) is 10.5. The number of hydrogen-bond acceptors (Lipinski definition) is 6. The number of benzene rings is 1. The first-order valence-electron chi connectivity index (χ1n) is 5.89. The molecule has 0 aliphatic rings. The first-order valence-corrected chi connectivity index (χ1v) is 7.78. The molecule has 0 heterocycles. The maximum atomic E-state index is 10.9. The minimum absolute atomic E-state index is 0. The van der Waals surface area contributed by atoms with Crippen molar-refractivity contribution in [3.05, 3.63) is 30.3 Å². The van der Waals surface area contributed by atoms with E-state index >= 15 is 0 Å². The maximum absolute atomic E-state index is 10.9. The van der Waals surface area contributed by atoms with Crippen LogP contribution in [0.5, 0.6) is 0 Å². The topological polar surface area (TPSA) is 113 Å². The fourth-order valence-corrected chi connectivity index (χ4v) is 1.94. The van der Waals surface area contributed by atoms with Gasteiger partial charge in [-0.15, -0.1) is 0 Å². The van der Waals surface area contributed by atoms with Gasteiger partial charge in [-0.1, -0.05) is 18.2 Å². The molecule has 114 valence electrons. The van der Waals surface area contributed by atoms with Gasteiger partial charge in [-0.2, -0.15) is 0 Å². The van der Waals surface area contributed by atoms with Crippen LogP contribution >= 0.6 is 0 Å². The fraction of sp³-hybridized carbons (Fsp3) is 0.417. The second kappa shape index (κ2) is 16.0. The van der Waals surface area contributed by atoms with Gasteiger partial charge < -0.3 is 19.9 Å². The van der Waals surface area contributed by atoms with Gasteiger partial charge in [-0.25, -0.2) is 13.1 Å². The number of sulfonamides is 1. The van der Waals surface area contributed by atoms with Crippen molar-refractivity contribution in [2.24, 2.45) is 0 Å². The third-order valence-corrected chi connectivity index (χ3v) is 2.98. The summed E-state index contributed by atoms with van der Waals surface area (Å²) < 4.78 is 24.3. The summed E-state index contributed by atoms with van der Waals surface area (Å²) in [5.74, 6) is 0. The van der Waals surface area contributed by atoms with E-state index in [1.807, 2.05) is 37.3 Å². The molecule has 1 aromatic carbocycles. The van der Waals surface area contributed by atoms with Gasteiger partial charge in [0.05, 0.1) is 6.26 Å². The van der Waals surface area contributed by atoms with Gasteiger partial charge in [0.15, 0.2) is 0 Å². The van der Waals surface area contributed by atoms with Gasteiger partial charge in [0.1, 0.15) is 0 Å². The molecule has 0 radical (unpaired) electrons. The number of nitrogens with one attached hydrogen (secondary N) is 1. The fourth-order valence-electron chi connectivity index (χ4n) is 1.47. The number of nitrogens with zero attached hydrogens (tertiary/aromatic N) is 1. The van der Waals surface area contributed by atoms with Crippen LogP contribution in [0, 0.1) is 0 Å². The molecule has 7 nitrogen and oxygen atoms in total. The number of anilines is 1. The molecule has 0 bridgehead atoms. The second-order valence-corrected chi connectivity index (χ2v) is 5.66. The van der Waals surface area contributed by atoms with E-state index in [2.05, 4.69) is 9.62 Å². The molecule has 22 heavy (non-hydrogen) atoms. The van der Waals surface area contributed by atoms with Gasteiger partial charge in [0, 0.05) is 25.3 Å². The standard InChI is InChI=1S/C11H18N2O2S.CH2O3.2K/c1-3-13(10-9-12-16(2,14)15)11-7-5-4-6-8-11;2-1(3)4;;/h4-8,12H,3,9-10H2,1-2H3;(H2,2,3,4);;/q;;2*+1/p-2. The Morgan fingerprint density at radius 2 is 1.64 bits per heavy atom. The Morgan fingerprint density at radius 3 is 2.00 bits per heavy atom. The number of hydrogen-bond donors (Lipinski definition) is 1. The summed E-state index contributed by atoms with van der Waals surface area (Å²) in [5.41, 5.74) is 1.11. The maximum Gasteiger partial charge on any atom is 1.00 e. The smallest absolute Gasteiger partial charge is 0.652 e. The Bertz CT molecular complexity index is 495. The molecule has 0 saturated carbocycles. The first-order chi connectivity index (χ1) is 9.26. The SMILES string of the molecule is CCN(CCNS(C)(=O)=O)c1ccccc1.O=C([O-])[O-].[K+].[K+]. The van der Waals surface area contributed by atoms with E-state index in [0.717, 1.165) is 12.2 Å². The molecule has 0 aromatic heterocycles. The third-order valence-electron chi connectivity index (χ3n) is 2.25. The Hall–Kier alpha value is 1.47. The molecular weight excluding hydrogens is 362 g/mol. The predicted molar refractivity (Wildman–Crippen MR) is 72.6 cm³/mol. The van der Waals surface area contributed by atoms with E-state index in [1.54, 1.807) is 0 Å². The van der Waals surface area contributed by atoms with Crippen molar-refractivity contribution in [1.29, 1.82) is 0 Å². The van der Waals surface area contributed by atoms with Crippen LogP contribution in [0.15, 0.2) is 30.3 Å². The van der Waals surface area contributed by atoms with E-state index in [9.17, 15) is 8.42 Å². The Balaban J connectivity index is -0.000000538. The van der Waals surface area contributed by atoms with Crippen molar-refractivity contribution in [3.8, 4) is 0 Å². The summed E-state index contributed by atoms with van der Waals surface area (Å²) in [6.45, 7) is 4.01. The molecular formula is C12H18K2N2O5S. The molecule has 0 amide bonds. The van der Waals surface area contributed by atoms with E-state index in [0.29, 0.717) is 13.1 Å². The van der Waals surface area contributed by atoms with Crippen LogP contribution in [0.1, 0.15) is 6.92 Å². The number of carbonyl (C=O) groups excluding carboxylic acids is 1. The molecule has 0 aliphatic carbocycles. The Kier molecular flexibility index (Phi) is 20.5. The average Bonchev–Trinajstić information content (AvgIpc) is 2.34. The second-order valence-electron chi connectivity index (χ2n) is 3.83.